The number of carboxylic acids is 1. The van der Waals surface area contributed by atoms with Gasteiger partial charge in [-0.1, -0.05) is 32.0 Å². The van der Waals surface area contributed by atoms with Crippen molar-refractivity contribution in [2.75, 3.05) is 4.90 Å². The number of nitrogens with zero attached hydrogens (tertiary/aromatic N) is 1. The maximum Gasteiger partial charge on any atom is 0.327 e. The van der Waals surface area contributed by atoms with Gasteiger partial charge in [0.1, 0.15) is 6.04 Å². The summed E-state index contributed by atoms with van der Waals surface area (Å²) in [5, 5.41) is 12.4. The maximum atomic E-state index is 12.6. The molecule has 0 aliphatic carbocycles. The molecule has 1 aliphatic rings. The van der Waals surface area contributed by atoms with Crippen molar-refractivity contribution in [2.45, 2.75) is 51.6 Å². The van der Waals surface area contributed by atoms with Gasteiger partial charge in [0, 0.05) is 17.6 Å². The molecule has 1 aromatic carbocycles. The van der Waals surface area contributed by atoms with Gasteiger partial charge in [-0.3, -0.25) is 4.90 Å². The molecular weight excluding hydrogens is 268 g/mol. The van der Waals surface area contributed by atoms with Crippen molar-refractivity contribution in [3.05, 3.63) is 29.8 Å². The zero-order valence-electron chi connectivity index (χ0n) is 12.7. The quantitative estimate of drug-likeness (QED) is 0.896. The predicted molar refractivity (Wildman–Crippen MR) is 81.6 cm³/mol. The van der Waals surface area contributed by atoms with Crippen LogP contribution in [0.1, 0.15) is 39.2 Å². The summed E-state index contributed by atoms with van der Waals surface area (Å²) in [5.74, 6) is -0.976. The van der Waals surface area contributed by atoms with Crippen LogP contribution in [0.25, 0.3) is 0 Å². The van der Waals surface area contributed by atoms with E-state index in [2.05, 4.69) is 5.32 Å². The molecule has 5 nitrogen and oxygen atoms in total. The summed E-state index contributed by atoms with van der Waals surface area (Å²) in [7, 11) is 0. The Bertz CT molecular complexity index is 552. The topological polar surface area (TPSA) is 69.6 Å². The van der Waals surface area contributed by atoms with Crippen LogP contribution in [0.15, 0.2) is 24.3 Å². The molecule has 0 unspecified atom stereocenters. The number of amides is 2. The van der Waals surface area contributed by atoms with Crippen LogP contribution in [-0.2, 0) is 11.2 Å². The Morgan fingerprint density at radius 3 is 2.52 bits per heavy atom. The number of rotatable bonds is 4. The number of nitrogens with one attached hydrogen (secondary N) is 1. The van der Waals surface area contributed by atoms with Crippen LogP contribution in [0, 0.1) is 0 Å². The fraction of sp³-hybridized carbons (Fsp3) is 0.500. The number of hydrogen-bond donors (Lipinski definition) is 2. The van der Waals surface area contributed by atoms with E-state index in [0.29, 0.717) is 12.1 Å². The normalized spacial score (nSPS) is 17.5. The van der Waals surface area contributed by atoms with Crippen molar-refractivity contribution < 1.29 is 14.7 Å². The van der Waals surface area contributed by atoms with Gasteiger partial charge >= 0.3 is 12.0 Å². The lowest BCUT2D eigenvalue weighted by Gasteiger charge is -2.32. The molecule has 0 saturated heterocycles. The average molecular weight is 290 g/mol. The van der Waals surface area contributed by atoms with Gasteiger partial charge in [0.25, 0.3) is 0 Å². The lowest BCUT2D eigenvalue weighted by Crippen LogP contribution is -2.54. The number of aliphatic carboxylic acids is 1. The Hall–Kier alpha value is -2.04. The van der Waals surface area contributed by atoms with Crippen molar-refractivity contribution >= 4 is 17.7 Å². The van der Waals surface area contributed by atoms with E-state index in [-0.39, 0.29) is 11.6 Å². The maximum absolute atomic E-state index is 12.6. The van der Waals surface area contributed by atoms with E-state index in [4.69, 9.17) is 0 Å². The highest BCUT2D eigenvalue weighted by molar-refractivity contribution is 6.01. The standard InChI is InChI=1S/C16H22N2O3/c1-4-16(3,5-2)17-15(21)18-12-9-7-6-8-11(12)10-13(18)14(19)20/h6-9,13H,4-5,10H2,1-3H3,(H,17,21)(H,19,20)/t13-/m0/s1. The third-order valence-electron chi connectivity index (χ3n) is 4.45. The Kier molecular flexibility index (Phi) is 4.21. The van der Waals surface area contributed by atoms with Crippen LogP contribution in [0.4, 0.5) is 10.5 Å². The summed E-state index contributed by atoms with van der Waals surface area (Å²) >= 11 is 0. The van der Waals surface area contributed by atoms with Crippen LogP contribution in [0.3, 0.4) is 0 Å². The van der Waals surface area contributed by atoms with Gasteiger partial charge < -0.3 is 10.4 Å². The average Bonchev–Trinajstić information content (AvgIpc) is 2.86. The number of hydrogen-bond acceptors (Lipinski definition) is 2. The number of fused-ring (bicyclic) bond motifs is 1. The fourth-order valence-corrected chi connectivity index (χ4v) is 2.58. The van der Waals surface area contributed by atoms with E-state index < -0.39 is 12.0 Å². The molecule has 0 radical (unpaired) electrons. The Morgan fingerprint density at radius 1 is 1.33 bits per heavy atom. The second-order valence-corrected chi connectivity index (χ2v) is 5.75. The highest BCUT2D eigenvalue weighted by Gasteiger charge is 2.39. The molecule has 0 bridgehead atoms. The van der Waals surface area contributed by atoms with Crippen molar-refractivity contribution in [3.8, 4) is 0 Å². The molecule has 2 rings (SSSR count). The molecule has 0 aromatic heterocycles. The minimum atomic E-state index is -0.976. The van der Waals surface area contributed by atoms with Gasteiger partial charge in [-0.25, -0.2) is 9.59 Å². The Balaban J connectivity index is 2.31. The number of carboxylic acid groups (broad SMARTS) is 1. The molecule has 1 heterocycles. The lowest BCUT2D eigenvalue weighted by molar-refractivity contribution is -0.138. The molecular formula is C16H22N2O3. The van der Waals surface area contributed by atoms with E-state index in [1.807, 2.05) is 39.0 Å². The second kappa shape index (κ2) is 5.76. The van der Waals surface area contributed by atoms with Gasteiger partial charge in [-0.15, -0.1) is 0 Å². The minimum Gasteiger partial charge on any atom is -0.480 e. The zero-order valence-corrected chi connectivity index (χ0v) is 12.7. The number of carbonyl (C=O) groups excluding carboxylic acids is 1. The van der Waals surface area contributed by atoms with Crippen molar-refractivity contribution in [2.24, 2.45) is 0 Å². The molecule has 2 N–H and O–H groups in total. The number of para-hydroxylation sites is 1. The third kappa shape index (κ3) is 2.86. The molecule has 1 aliphatic heterocycles. The van der Waals surface area contributed by atoms with Crippen LogP contribution < -0.4 is 10.2 Å². The third-order valence-corrected chi connectivity index (χ3v) is 4.45. The molecule has 1 aromatic rings. The van der Waals surface area contributed by atoms with Crippen LogP contribution in [-0.4, -0.2) is 28.7 Å². The number of benzene rings is 1. The van der Waals surface area contributed by atoms with Crippen LogP contribution in [0.2, 0.25) is 0 Å². The van der Waals surface area contributed by atoms with E-state index in [1.54, 1.807) is 6.07 Å². The molecule has 0 fully saturated rings. The number of urea groups is 1. The smallest absolute Gasteiger partial charge is 0.327 e. The zero-order chi connectivity index (χ0) is 15.6. The second-order valence-electron chi connectivity index (χ2n) is 5.75. The highest BCUT2D eigenvalue weighted by atomic mass is 16.4. The first-order valence-corrected chi connectivity index (χ1v) is 7.34. The largest absolute Gasteiger partial charge is 0.480 e. The van der Waals surface area contributed by atoms with E-state index >= 15 is 0 Å². The van der Waals surface area contributed by atoms with Gasteiger partial charge in [0.05, 0.1) is 0 Å². The van der Waals surface area contributed by atoms with Gasteiger partial charge in [-0.2, -0.15) is 0 Å². The number of anilines is 1. The summed E-state index contributed by atoms with van der Waals surface area (Å²) in [5.41, 5.74) is 1.27. The summed E-state index contributed by atoms with van der Waals surface area (Å²) in [6, 6.07) is 6.19. The first-order valence-electron chi connectivity index (χ1n) is 7.34. The summed E-state index contributed by atoms with van der Waals surface area (Å²) < 4.78 is 0. The summed E-state index contributed by atoms with van der Waals surface area (Å²) in [6.45, 7) is 6.00. The van der Waals surface area contributed by atoms with E-state index in [0.717, 1.165) is 18.4 Å². The van der Waals surface area contributed by atoms with Crippen molar-refractivity contribution in [3.63, 3.8) is 0 Å². The van der Waals surface area contributed by atoms with E-state index in [9.17, 15) is 14.7 Å². The monoisotopic (exact) mass is 290 g/mol. The number of carbonyl (C=O) groups is 2. The van der Waals surface area contributed by atoms with Crippen molar-refractivity contribution in [1.29, 1.82) is 0 Å². The molecule has 5 heteroatoms. The molecule has 2 amide bonds. The molecule has 114 valence electrons. The van der Waals surface area contributed by atoms with E-state index in [1.165, 1.54) is 4.90 Å². The fourth-order valence-electron chi connectivity index (χ4n) is 2.58. The van der Waals surface area contributed by atoms with Gasteiger partial charge in [0.15, 0.2) is 0 Å². The van der Waals surface area contributed by atoms with Crippen LogP contribution in [0.5, 0.6) is 0 Å². The highest BCUT2D eigenvalue weighted by Crippen LogP contribution is 2.32. The Morgan fingerprint density at radius 2 is 1.95 bits per heavy atom. The molecule has 1 atom stereocenters. The first-order chi connectivity index (χ1) is 9.91. The first kappa shape index (κ1) is 15.4. The molecule has 0 spiro atoms. The predicted octanol–water partition coefficient (Wildman–Crippen LogP) is 2.79. The SMILES string of the molecule is CCC(C)(CC)NC(=O)N1c2ccccc2C[C@H]1C(=O)O. The summed E-state index contributed by atoms with van der Waals surface area (Å²) in [4.78, 5) is 25.5. The van der Waals surface area contributed by atoms with Gasteiger partial charge in [0.2, 0.25) is 0 Å². The minimum absolute atomic E-state index is 0.322. The lowest BCUT2D eigenvalue weighted by atomic mass is 9.96. The summed E-state index contributed by atoms with van der Waals surface area (Å²) in [6.07, 6.45) is 1.94. The Labute approximate surface area is 125 Å². The van der Waals surface area contributed by atoms with Crippen LogP contribution >= 0.6 is 0 Å². The molecule has 0 saturated carbocycles. The van der Waals surface area contributed by atoms with Crippen molar-refractivity contribution in [1.82, 2.24) is 5.32 Å². The molecule has 21 heavy (non-hydrogen) atoms. The van der Waals surface area contributed by atoms with Gasteiger partial charge in [-0.05, 0) is 31.4 Å².